The predicted octanol–water partition coefficient (Wildman–Crippen LogP) is 4.48. The minimum Gasteiger partial charge on any atom is -0.467 e. The Hall–Kier alpha value is -3.39. The zero-order chi connectivity index (χ0) is 28.3. The van der Waals surface area contributed by atoms with Crippen LogP contribution in [0.3, 0.4) is 0 Å². The largest absolute Gasteiger partial charge is 0.467 e. The molecule has 0 aromatic heterocycles. The van der Waals surface area contributed by atoms with Gasteiger partial charge in [-0.2, -0.15) is 0 Å². The number of hydrogen-bond acceptors (Lipinski definition) is 5. The van der Waals surface area contributed by atoms with Crippen LogP contribution in [0.25, 0.3) is 11.1 Å². The van der Waals surface area contributed by atoms with Crippen molar-refractivity contribution in [3.05, 3.63) is 60.2 Å². The zero-order valence-electron chi connectivity index (χ0n) is 23.8. The molecule has 1 heterocycles. The van der Waals surface area contributed by atoms with Crippen molar-refractivity contribution < 1.29 is 23.9 Å². The standard InChI is InChI=1S/C30H41N3O5/c1-28(2,3)24(31-27(36)32-29(4,5)6)25(34)33-19-30(38-8,18-23(33)26(35)37-7)22-16-14-21(15-17-22)20-12-10-9-11-13-20/h9-17,23-24H,18-19H2,1-8H3,(H2,31,32,36). The maximum absolute atomic E-state index is 14.0. The number of methoxy groups -OCH3 is 2. The van der Waals surface area contributed by atoms with Gasteiger partial charge in [-0.25, -0.2) is 9.59 Å². The molecule has 8 nitrogen and oxygen atoms in total. The second kappa shape index (κ2) is 11.2. The van der Waals surface area contributed by atoms with Gasteiger partial charge in [-0.3, -0.25) is 4.79 Å². The normalized spacial score (nSPS) is 20.5. The molecule has 3 atom stereocenters. The lowest BCUT2D eigenvalue weighted by atomic mass is 9.85. The Balaban J connectivity index is 1.95. The Bertz CT molecular complexity index is 1140. The fraction of sp³-hybridized carbons (Fsp3) is 0.500. The molecule has 3 rings (SSSR count). The van der Waals surface area contributed by atoms with Crippen molar-refractivity contribution in [2.24, 2.45) is 5.41 Å². The first-order chi connectivity index (χ1) is 17.7. The highest BCUT2D eigenvalue weighted by molar-refractivity contribution is 5.92. The van der Waals surface area contributed by atoms with Gasteiger partial charge < -0.3 is 25.0 Å². The van der Waals surface area contributed by atoms with E-state index in [2.05, 4.69) is 10.6 Å². The first kappa shape index (κ1) is 29.2. The van der Waals surface area contributed by atoms with E-state index in [1.807, 2.05) is 96.1 Å². The number of nitrogens with one attached hydrogen (secondary N) is 2. The quantitative estimate of drug-likeness (QED) is 0.544. The number of esters is 1. The summed E-state index contributed by atoms with van der Waals surface area (Å²) in [6.07, 6.45) is 0.234. The Labute approximate surface area is 226 Å². The second-order valence-electron chi connectivity index (χ2n) is 12.0. The Morgan fingerprint density at radius 2 is 1.50 bits per heavy atom. The summed E-state index contributed by atoms with van der Waals surface area (Å²) in [5.74, 6) is -0.887. The summed E-state index contributed by atoms with van der Waals surface area (Å²) in [5, 5.41) is 5.69. The number of amides is 3. The van der Waals surface area contributed by atoms with Crippen LogP contribution in [-0.2, 0) is 24.7 Å². The lowest BCUT2D eigenvalue weighted by Crippen LogP contribution is -2.60. The molecule has 206 valence electrons. The summed E-state index contributed by atoms with van der Waals surface area (Å²) in [6, 6.07) is 15.8. The van der Waals surface area contributed by atoms with Crippen LogP contribution in [0.1, 0.15) is 53.5 Å². The summed E-state index contributed by atoms with van der Waals surface area (Å²) in [5.41, 5.74) is 0.985. The third-order valence-electron chi connectivity index (χ3n) is 6.87. The van der Waals surface area contributed by atoms with E-state index in [0.717, 1.165) is 16.7 Å². The maximum atomic E-state index is 14.0. The highest BCUT2D eigenvalue weighted by Crippen LogP contribution is 2.41. The van der Waals surface area contributed by atoms with Gasteiger partial charge >= 0.3 is 12.0 Å². The lowest BCUT2D eigenvalue weighted by molar-refractivity contribution is -0.152. The molecule has 0 radical (unpaired) electrons. The topological polar surface area (TPSA) is 97.0 Å². The second-order valence-corrected chi connectivity index (χ2v) is 12.0. The summed E-state index contributed by atoms with van der Waals surface area (Å²) >= 11 is 0. The molecule has 0 aliphatic carbocycles. The van der Waals surface area contributed by atoms with Crippen LogP contribution in [0.2, 0.25) is 0 Å². The van der Waals surface area contributed by atoms with Crippen molar-refractivity contribution in [2.45, 2.75) is 71.2 Å². The number of urea groups is 1. The number of benzene rings is 2. The van der Waals surface area contributed by atoms with E-state index in [9.17, 15) is 14.4 Å². The monoisotopic (exact) mass is 523 g/mol. The zero-order valence-corrected chi connectivity index (χ0v) is 23.8. The molecule has 2 aromatic carbocycles. The third-order valence-corrected chi connectivity index (χ3v) is 6.87. The van der Waals surface area contributed by atoms with Crippen LogP contribution in [0.15, 0.2) is 54.6 Å². The SMILES string of the molecule is COC(=O)C1CC(OC)(c2ccc(-c3ccccc3)cc2)CN1C(=O)C(NC(=O)NC(C)(C)C)C(C)(C)C. The van der Waals surface area contributed by atoms with E-state index in [4.69, 9.17) is 9.47 Å². The van der Waals surface area contributed by atoms with Gasteiger partial charge in [0.1, 0.15) is 17.7 Å². The molecule has 1 aliphatic rings. The summed E-state index contributed by atoms with van der Waals surface area (Å²) in [4.78, 5) is 41.2. The van der Waals surface area contributed by atoms with Crippen molar-refractivity contribution in [2.75, 3.05) is 20.8 Å². The molecule has 3 unspecified atom stereocenters. The number of nitrogens with zero attached hydrogens (tertiary/aromatic N) is 1. The lowest BCUT2D eigenvalue weighted by Gasteiger charge is -2.36. The van der Waals surface area contributed by atoms with Gasteiger partial charge in [-0.15, -0.1) is 0 Å². The van der Waals surface area contributed by atoms with Crippen LogP contribution in [0.5, 0.6) is 0 Å². The van der Waals surface area contributed by atoms with Crippen LogP contribution in [0, 0.1) is 5.41 Å². The van der Waals surface area contributed by atoms with E-state index in [0.29, 0.717) is 0 Å². The molecular formula is C30H41N3O5. The Kier molecular flexibility index (Phi) is 8.56. The molecule has 2 aromatic rings. The van der Waals surface area contributed by atoms with Crippen LogP contribution >= 0.6 is 0 Å². The molecule has 0 spiro atoms. The molecule has 3 amide bonds. The number of carbonyl (C=O) groups is 3. The molecule has 0 bridgehead atoms. The molecule has 38 heavy (non-hydrogen) atoms. The number of likely N-dealkylation sites (tertiary alicyclic amines) is 1. The van der Waals surface area contributed by atoms with Gasteiger partial charge in [0.15, 0.2) is 0 Å². The summed E-state index contributed by atoms with van der Waals surface area (Å²) in [6.45, 7) is 11.4. The van der Waals surface area contributed by atoms with Crippen LogP contribution < -0.4 is 10.6 Å². The van der Waals surface area contributed by atoms with Crippen molar-refractivity contribution in [1.29, 1.82) is 0 Å². The fourth-order valence-electron chi connectivity index (χ4n) is 4.84. The summed E-state index contributed by atoms with van der Waals surface area (Å²) in [7, 11) is 2.90. The van der Waals surface area contributed by atoms with Crippen LogP contribution in [-0.4, -0.2) is 61.2 Å². The minimum atomic E-state index is -0.917. The van der Waals surface area contributed by atoms with Crippen LogP contribution in [0.4, 0.5) is 4.79 Å². The molecule has 1 saturated heterocycles. The smallest absolute Gasteiger partial charge is 0.328 e. The van der Waals surface area contributed by atoms with E-state index in [-0.39, 0.29) is 18.9 Å². The summed E-state index contributed by atoms with van der Waals surface area (Å²) < 4.78 is 11.1. The number of rotatable bonds is 6. The van der Waals surface area contributed by atoms with Crippen molar-refractivity contribution >= 4 is 17.9 Å². The molecular weight excluding hydrogens is 482 g/mol. The molecule has 8 heteroatoms. The molecule has 1 fully saturated rings. The van der Waals surface area contributed by atoms with Gasteiger partial charge in [0.25, 0.3) is 0 Å². The van der Waals surface area contributed by atoms with E-state index < -0.39 is 40.6 Å². The first-order valence-corrected chi connectivity index (χ1v) is 12.9. The van der Waals surface area contributed by atoms with Gasteiger partial charge in [-0.05, 0) is 42.9 Å². The van der Waals surface area contributed by atoms with Crippen molar-refractivity contribution in [1.82, 2.24) is 15.5 Å². The van der Waals surface area contributed by atoms with Gasteiger partial charge in [0.2, 0.25) is 5.91 Å². The first-order valence-electron chi connectivity index (χ1n) is 12.9. The maximum Gasteiger partial charge on any atom is 0.328 e. The van der Waals surface area contributed by atoms with Gasteiger partial charge in [0, 0.05) is 19.1 Å². The average Bonchev–Trinajstić information content (AvgIpc) is 3.27. The van der Waals surface area contributed by atoms with Gasteiger partial charge in [0.05, 0.1) is 13.7 Å². The highest BCUT2D eigenvalue weighted by atomic mass is 16.5. The van der Waals surface area contributed by atoms with E-state index in [1.165, 1.54) is 12.0 Å². The number of ether oxygens (including phenoxy) is 2. The highest BCUT2D eigenvalue weighted by Gasteiger charge is 2.53. The third kappa shape index (κ3) is 6.54. The van der Waals surface area contributed by atoms with Crippen molar-refractivity contribution in [3.63, 3.8) is 0 Å². The predicted molar refractivity (Wildman–Crippen MR) is 147 cm³/mol. The Morgan fingerprint density at radius 1 is 0.921 bits per heavy atom. The number of hydrogen-bond donors (Lipinski definition) is 2. The van der Waals surface area contributed by atoms with E-state index in [1.54, 1.807) is 7.11 Å². The molecule has 1 aliphatic heterocycles. The minimum absolute atomic E-state index is 0.141. The Morgan fingerprint density at radius 3 is 2.00 bits per heavy atom. The van der Waals surface area contributed by atoms with Crippen molar-refractivity contribution in [3.8, 4) is 11.1 Å². The van der Waals surface area contributed by atoms with E-state index >= 15 is 0 Å². The molecule has 0 saturated carbocycles. The number of carbonyl (C=O) groups excluding carboxylic acids is 3. The fourth-order valence-corrected chi connectivity index (χ4v) is 4.84. The molecule has 2 N–H and O–H groups in total. The van der Waals surface area contributed by atoms with Gasteiger partial charge in [-0.1, -0.05) is 75.4 Å². The average molecular weight is 524 g/mol.